The molecular formula is C42H32N2. The first-order chi connectivity index (χ1) is 21.9. The van der Waals surface area contributed by atoms with Crippen molar-refractivity contribution in [2.24, 2.45) is 0 Å². The third kappa shape index (κ3) is 5.58. The second-order valence-electron chi connectivity index (χ2n) is 11.0. The molecule has 0 bridgehead atoms. The summed E-state index contributed by atoms with van der Waals surface area (Å²) in [6, 6.07) is 62.3. The highest BCUT2D eigenvalue weighted by molar-refractivity contribution is 5.74. The minimum atomic E-state index is 0.0693. The van der Waals surface area contributed by atoms with Gasteiger partial charge in [-0.25, -0.2) is 9.97 Å². The molecule has 0 radical (unpaired) electrons. The third-order valence-electron chi connectivity index (χ3n) is 8.29. The van der Waals surface area contributed by atoms with E-state index in [2.05, 4.69) is 176 Å². The molecule has 1 aromatic heterocycles. The molecule has 0 saturated heterocycles. The third-order valence-corrected chi connectivity index (χ3v) is 8.29. The summed E-state index contributed by atoms with van der Waals surface area (Å²) >= 11 is 0. The van der Waals surface area contributed by atoms with Crippen molar-refractivity contribution >= 4 is 0 Å². The maximum atomic E-state index is 4.85. The predicted octanol–water partition coefficient (Wildman–Crippen LogP) is 10.2. The lowest BCUT2D eigenvalue weighted by Crippen LogP contribution is -2.07. The largest absolute Gasteiger partial charge is 0.236 e. The van der Waals surface area contributed by atoms with Gasteiger partial charge in [0.2, 0.25) is 0 Å². The smallest absolute Gasteiger partial charge is 0.116 e. The molecule has 0 fully saturated rings. The Balaban J connectivity index is 1.37. The van der Waals surface area contributed by atoms with Crippen LogP contribution in [0.5, 0.6) is 0 Å². The Morgan fingerprint density at radius 2 is 0.614 bits per heavy atom. The molecule has 1 heterocycles. The second kappa shape index (κ2) is 12.7. The Morgan fingerprint density at radius 3 is 0.955 bits per heavy atom. The van der Waals surface area contributed by atoms with Crippen molar-refractivity contribution in [3.05, 3.63) is 216 Å². The Bertz CT molecular complexity index is 1730. The summed E-state index contributed by atoms with van der Waals surface area (Å²) in [5.41, 5.74) is 11.5. The summed E-state index contributed by atoms with van der Waals surface area (Å²) in [4.78, 5) is 9.69. The molecule has 0 spiro atoms. The minimum Gasteiger partial charge on any atom is -0.236 e. The molecule has 0 unspecified atom stereocenters. The van der Waals surface area contributed by atoms with Gasteiger partial charge < -0.3 is 0 Å². The predicted molar refractivity (Wildman–Crippen MR) is 181 cm³/mol. The van der Waals surface area contributed by atoms with Crippen LogP contribution in [0.3, 0.4) is 0 Å². The molecule has 0 aliphatic rings. The molecule has 0 saturated carbocycles. The second-order valence-corrected chi connectivity index (χ2v) is 11.0. The zero-order valence-corrected chi connectivity index (χ0v) is 24.4. The fraction of sp³-hybridized carbons (Fsp3) is 0.0476. The van der Waals surface area contributed by atoms with Crippen molar-refractivity contribution < 1.29 is 0 Å². The van der Waals surface area contributed by atoms with Gasteiger partial charge in [0.25, 0.3) is 0 Å². The molecule has 7 aromatic rings. The molecule has 0 aliphatic carbocycles. The summed E-state index contributed by atoms with van der Waals surface area (Å²) in [5.74, 6) is 0.139. The van der Waals surface area contributed by atoms with Crippen molar-refractivity contribution in [2.75, 3.05) is 0 Å². The van der Waals surface area contributed by atoms with Crippen LogP contribution >= 0.6 is 0 Å². The van der Waals surface area contributed by atoms with Gasteiger partial charge >= 0.3 is 0 Å². The van der Waals surface area contributed by atoms with Gasteiger partial charge in [0.1, 0.15) is 6.33 Å². The Labute approximate surface area is 259 Å². The Hall–Kier alpha value is -5.60. The maximum absolute atomic E-state index is 4.85. The van der Waals surface area contributed by atoms with Gasteiger partial charge in [0, 0.05) is 23.0 Å². The number of hydrogen-bond donors (Lipinski definition) is 0. The van der Waals surface area contributed by atoms with E-state index in [1.807, 2.05) is 0 Å². The van der Waals surface area contributed by atoms with Crippen LogP contribution in [0.25, 0.3) is 22.5 Å². The summed E-state index contributed by atoms with van der Waals surface area (Å²) in [6.07, 6.45) is 1.71. The zero-order valence-electron chi connectivity index (χ0n) is 24.4. The van der Waals surface area contributed by atoms with E-state index in [1.165, 1.54) is 33.4 Å². The normalized spacial score (nSPS) is 11.1. The van der Waals surface area contributed by atoms with E-state index >= 15 is 0 Å². The van der Waals surface area contributed by atoms with Crippen molar-refractivity contribution in [1.82, 2.24) is 9.97 Å². The average Bonchev–Trinajstić information content (AvgIpc) is 3.11. The highest BCUT2D eigenvalue weighted by Crippen LogP contribution is 2.40. The van der Waals surface area contributed by atoms with E-state index in [4.69, 9.17) is 9.97 Å². The van der Waals surface area contributed by atoms with Crippen LogP contribution in [0, 0.1) is 0 Å². The molecule has 44 heavy (non-hydrogen) atoms. The lowest BCUT2D eigenvalue weighted by atomic mass is 9.81. The van der Waals surface area contributed by atoms with Crippen LogP contribution in [0.2, 0.25) is 0 Å². The Morgan fingerprint density at radius 1 is 0.318 bits per heavy atom. The van der Waals surface area contributed by atoms with E-state index in [0.29, 0.717) is 0 Å². The summed E-state index contributed by atoms with van der Waals surface area (Å²) in [7, 11) is 0. The quantitative estimate of drug-likeness (QED) is 0.172. The van der Waals surface area contributed by atoms with Gasteiger partial charge in [-0.3, -0.25) is 0 Å². The first kappa shape index (κ1) is 27.2. The van der Waals surface area contributed by atoms with E-state index in [-0.39, 0.29) is 11.8 Å². The highest BCUT2D eigenvalue weighted by Gasteiger charge is 2.23. The number of aromatic nitrogens is 2. The number of hydrogen-bond acceptors (Lipinski definition) is 2. The number of nitrogens with zero attached hydrogens (tertiary/aromatic N) is 2. The molecule has 0 amide bonds. The van der Waals surface area contributed by atoms with Gasteiger partial charge in [0.05, 0.1) is 11.4 Å². The average molecular weight is 565 g/mol. The van der Waals surface area contributed by atoms with E-state index in [0.717, 1.165) is 22.5 Å². The van der Waals surface area contributed by atoms with Crippen molar-refractivity contribution in [3.63, 3.8) is 0 Å². The lowest BCUT2D eigenvalue weighted by molar-refractivity contribution is 0.973. The van der Waals surface area contributed by atoms with Crippen LogP contribution < -0.4 is 0 Å². The molecule has 2 nitrogen and oxygen atoms in total. The topological polar surface area (TPSA) is 25.8 Å². The van der Waals surface area contributed by atoms with Gasteiger partial charge in [-0.15, -0.1) is 0 Å². The van der Waals surface area contributed by atoms with Crippen LogP contribution in [0.1, 0.15) is 45.2 Å². The number of rotatable bonds is 8. The van der Waals surface area contributed by atoms with Gasteiger partial charge in [-0.1, -0.05) is 170 Å². The van der Waals surface area contributed by atoms with Crippen LogP contribution in [0.4, 0.5) is 0 Å². The molecule has 0 N–H and O–H groups in total. The summed E-state index contributed by atoms with van der Waals surface area (Å²) in [5, 5.41) is 0. The fourth-order valence-electron chi connectivity index (χ4n) is 6.30. The lowest BCUT2D eigenvalue weighted by Gasteiger charge is -2.23. The van der Waals surface area contributed by atoms with Crippen LogP contribution in [-0.4, -0.2) is 9.97 Å². The van der Waals surface area contributed by atoms with Crippen LogP contribution in [-0.2, 0) is 0 Å². The molecule has 210 valence electrons. The monoisotopic (exact) mass is 564 g/mol. The standard InChI is InChI=1S/C42H32N2/c1-5-17-31(18-6-1)41(32-19-7-2-8-20-32)37-27-15-13-25-35(37)39-29-40(44-30-43-39)36-26-14-16-28-38(36)42(33-21-9-3-10-22-33)34-23-11-4-12-24-34/h1-30,41-42H. The van der Waals surface area contributed by atoms with Gasteiger partial charge in [0.15, 0.2) is 0 Å². The van der Waals surface area contributed by atoms with Crippen LogP contribution in [0.15, 0.2) is 182 Å². The van der Waals surface area contributed by atoms with E-state index < -0.39 is 0 Å². The van der Waals surface area contributed by atoms with Gasteiger partial charge in [-0.05, 0) is 39.4 Å². The van der Waals surface area contributed by atoms with Crippen molar-refractivity contribution in [3.8, 4) is 22.5 Å². The molecule has 7 rings (SSSR count). The minimum absolute atomic E-state index is 0.0693. The van der Waals surface area contributed by atoms with Crippen molar-refractivity contribution in [1.29, 1.82) is 0 Å². The molecule has 2 heteroatoms. The SMILES string of the molecule is c1ccc(C(c2ccccc2)c2ccccc2-c2cc(-c3ccccc3C(c3ccccc3)c3ccccc3)ncn2)cc1. The highest BCUT2D eigenvalue weighted by atomic mass is 14.8. The van der Waals surface area contributed by atoms with Gasteiger partial charge in [-0.2, -0.15) is 0 Å². The summed E-state index contributed by atoms with van der Waals surface area (Å²) in [6.45, 7) is 0. The zero-order chi connectivity index (χ0) is 29.6. The van der Waals surface area contributed by atoms with E-state index in [9.17, 15) is 0 Å². The first-order valence-corrected chi connectivity index (χ1v) is 15.1. The van der Waals surface area contributed by atoms with E-state index in [1.54, 1.807) is 6.33 Å². The molecule has 6 aromatic carbocycles. The fourth-order valence-corrected chi connectivity index (χ4v) is 6.30. The first-order valence-electron chi connectivity index (χ1n) is 15.1. The Kier molecular flexibility index (Phi) is 7.88. The molecule has 0 atom stereocenters. The molecule has 0 aliphatic heterocycles. The van der Waals surface area contributed by atoms with Crippen molar-refractivity contribution in [2.45, 2.75) is 11.8 Å². The molecular weight excluding hydrogens is 532 g/mol. The maximum Gasteiger partial charge on any atom is 0.116 e. The number of benzene rings is 6. The summed E-state index contributed by atoms with van der Waals surface area (Å²) < 4.78 is 0.